The Balaban J connectivity index is 1.40. The van der Waals surface area contributed by atoms with Gasteiger partial charge in [0, 0.05) is 37.6 Å². The summed E-state index contributed by atoms with van der Waals surface area (Å²) >= 11 is 0. The van der Waals surface area contributed by atoms with Gasteiger partial charge in [0.15, 0.2) is 0 Å². The number of hydrogen-bond donors (Lipinski definition) is 3. The van der Waals surface area contributed by atoms with E-state index in [1.165, 1.54) is 5.56 Å². The van der Waals surface area contributed by atoms with Gasteiger partial charge < -0.3 is 20.9 Å². The minimum atomic E-state index is -0.129. The Kier molecular flexibility index (Phi) is 4.69. The van der Waals surface area contributed by atoms with Crippen LogP contribution < -0.4 is 16.0 Å². The Bertz CT molecular complexity index is 563. The van der Waals surface area contributed by atoms with Crippen molar-refractivity contribution in [1.29, 1.82) is 0 Å². The molecular weight excluding hydrogens is 292 g/mol. The minimum absolute atomic E-state index is 0.0338. The number of benzene rings is 1. The van der Waals surface area contributed by atoms with Crippen molar-refractivity contribution in [2.24, 2.45) is 0 Å². The summed E-state index contributed by atoms with van der Waals surface area (Å²) in [5.41, 5.74) is 1.28. The molecule has 0 spiro atoms. The summed E-state index contributed by atoms with van der Waals surface area (Å²) in [6, 6.07) is 10.3. The third-order valence-electron chi connectivity index (χ3n) is 4.47. The van der Waals surface area contributed by atoms with Gasteiger partial charge in [-0.05, 0) is 25.3 Å². The largest absolute Gasteiger partial charge is 0.338 e. The van der Waals surface area contributed by atoms with E-state index in [1.54, 1.807) is 4.90 Å². The molecule has 1 heterocycles. The van der Waals surface area contributed by atoms with Crippen LogP contribution in [0.1, 0.15) is 31.2 Å². The van der Waals surface area contributed by atoms with Crippen LogP contribution in [0.2, 0.25) is 0 Å². The van der Waals surface area contributed by atoms with Crippen molar-refractivity contribution in [3.05, 3.63) is 35.9 Å². The van der Waals surface area contributed by atoms with Gasteiger partial charge in [-0.3, -0.25) is 0 Å². The van der Waals surface area contributed by atoms with Crippen molar-refractivity contribution in [1.82, 2.24) is 20.9 Å². The van der Waals surface area contributed by atoms with Gasteiger partial charge in [0.1, 0.15) is 0 Å². The first kappa shape index (κ1) is 15.6. The highest BCUT2D eigenvalue weighted by atomic mass is 16.2. The number of carbonyl (C=O) groups is 2. The normalized spacial score (nSPS) is 25.8. The van der Waals surface area contributed by atoms with Crippen molar-refractivity contribution in [3.63, 3.8) is 0 Å². The van der Waals surface area contributed by atoms with Gasteiger partial charge in [-0.25, -0.2) is 9.59 Å². The molecule has 1 saturated carbocycles. The average molecular weight is 316 g/mol. The SMILES string of the molecule is CCNC(=O)N1CC[C@H](NC(=O)N[C@H]2C[C@@H]2c2ccccc2)C1. The third-order valence-corrected chi connectivity index (χ3v) is 4.47. The van der Waals surface area contributed by atoms with E-state index >= 15 is 0 Å². The van der Waals surface area contributed by atoms with Crippen molar-refractivity contribution in [3.8, 4) is 0 Å². The number of hydrogen-bond acceptors (Lipinski definition) is 2. The number of urea groups is 2. The van der Waals surface area contributed by atoms with Crippen LogP contribution in [0.15, 0.2) is 30.3 Å². The summed E-state index contributed by atoms with van der Waals surface area (Å²) in [4.78, 5) is 25.6. The van der Waals surface area contributed by atoms with Crippen LogP contribution in [-0.4, -0.2) is 48.7 Å². The summed E-state index contributed by atoms with van der Waals surface area (Å²) in [6.07, 6.45) is 1.80. The maximum Gasteiger partial charge on any atom is 0.317 e. The van der Waals surface area contributed by atoms with E-state index in [1.807, 2.05) is 25.1 Å². The lowest BCUT2D eigenvalue weighted by Gasteiger charge is -2.17. The van der Waals surface area contributed by atoms with Crippen LogP contribution in [-0.2, 0) is 0 Å². The predicted molar refractivity (Wildman–Crippen MR) is 88.3 cm³/mol. The lowest BCUT2D eigenvalue weighted by atomic mass is 10.1. The minimum Gasteiger partial charge on any atom is -0.338 e. The lowest BCUT2D eigenvalue weighted by molar-refractivity contribution is 0.207. The number of amides is 4. The summed E-state index contributed by atoms with van der Waals surface area (Å²) in [5.74, 6) is 0.428. The second-order valence-corrected chi connectivity index (χ2v) is 6.24. The molecule has 3 N–H and O–H groups in total. The van der Waals surface area contributed by atoms with E-state index in [-0.39, 0.29) is 24.1 Å². The third kappa shape index (κ3) is 3.94. The van der Waals surface area contributed by atoms with Crippen molar-refractivity contribution >= 4 is 12.1 Å². The van der Waals surface area contributed by atoms with Gasteiger partial charge in [0.25, 0.3) is 0 Å². The second-order valence-electron chi connectivity index (χ2n) is 6.24. The molecule has 1 aliphatic heterocycles. The zero-order chi connectivity index (χ0) is 16.2. The van der Waals surface area contributed by atoms with Crippen LogP contribution in [0.4, 0.5) is 9.59 Å². The average Bonchev–Trinajstić information content (AvgIpc) is 3.15. The standard InChI is InChI=1S/C17H24N4O2/c1-2-18-17(23)21-9-8-13(11-21)19-16(22)20-15-10-14(15)12-6-4-3-5-7-12/h3-7,13-15H,2,8-11H2,1H3,(H,18,23)(H2,19,20,22)/t13-,14+,15-/m0/s1. The lowest BCUT2D eigenvalue weighted by Crippen LogP contribution is -2.45. The molecule has 3 rings (SSSR count). The molecule has 1 aliphatic carbocycles. The van der Waals surface area contributed by atoms with E-state index in [2.05, 4.69) is 28.1 Å². The molecule has 4 amide bonds. The highest BCUT2D eigenvalue weighted by Crippen LogP contribution is 2.40. The topological polar surface area (TPSA) is 73.5 Å². The van der Waals surface area contributed by atoms with Crippen molar-refractivity contribution < 1.29 is 9.59 Å². The van der Waals surface area contributed by atoms with Crippen LogP contribution in [0.3, 0.4) is 0 Å². The first-order valence-electron chi connectivity index (χ1n) is 8.32. The zero-order valence-corrected chi connectivity index (χ0v) is 13.4. The molecule has 1 saturated heterocycles. The Morgan fingerprint density at radius 2 is 2.00 bits per heavy atom. The molecule has 6 heteroatoms. The summed E-state index contributed by atoms with van der Waals surface area (Å²) in [6.45, 7) is 3.78. The molecule has 1 aromatic rings. The summed E-state index contributed by atoms with van der Waals surface area (Å²) < 4.78 is 0. The maximum absolute atomic E-state index is 12.1. The molecule has 23 heavy (non-hydrogen) atoms. The Hall–Kier alpha value is -2.24. The van der Waals surface area contributed by atoms with E-state index in [0.717, 1.165) is 12.8 Å². The molecule has 2 fully saturated rings. The van der Waals surface area contributed by atoms with Crippen LogP contribution in [0.25, 0.3) is 0 Å². The maximum atomic E-state index is 12.1. The second kappa shape index (κ2) is 6.89. The van der Waals surface area contributed by atoms with E-state index in [0.29, 0.717) is 25.6 Å². The van der Waals surface area contributed by atoms with Crippen molar-refractivity contribution in [2.75, 3.05) is 19.6 Å². The molecule has 0 aromatic heterocycles. The molecule has 1 aromatic carbocycles. The molecule has 6 nitrogen and oxygen atoms in total. The van der Waals surface area contributed by atoms with Crippen molar-refractivity contribution in [2.45, 2.75) is 37.8 Å². The van der Waals surface area contributed by atoms with Gasteiger partial charge in [-0.15, -0.1) is 0 Å². The van der Waals surface area contributed by atoms with Gasteiger partial charge in [0.2, 0.25) is 0 Å². The quantitative estimate of drug-likeness (QED) is 0.790. The van der Waals surface area contributed by atoms with Crippen LogP contribution in [0, 0.1) is 0 Å². The first-order chi connectivity index (χ1) is 11.2. The highest BCUT2D eigenvalue weighted by Gasteiger charge is 2.39. The highest BCUT2D eigenvalue weighted by molar-refractivity contribution is 5.76. The van der Waals surface area contributed by atoms with Crippen LogP contribution >= 0.6 is 0 Å². The van der Waals surface area contributed by atoms with E-state index < -0.39 is 0 Å². The summed E-state index contributed by atoms with van der Waals surface area (Å²) in [7, 11) is 0. The van der Waals surface area contributed by atoms with Gasteiger partial charge in [-0.2, -0.15) is 0 Å². The molecule has 0 unspecified atom stereocenters. The van der Waals surface area contributed by atoms with Gasteiger partial charge in [0.05, 0.1) is 0 Å². The smallest absolute Gasteiger partial charge is 0.317 e. The molecule has 124 valence electrons. The number of rotatable bonds is 4. The van der Waals surface area contributed by atoms with Crippen LogP contribution in [0.5, 0.6) is 0 Å². The van der Waals surface area contributed by atoms with Gasteiger partial charge >= 0.3 is 12.1 Å². The van der Waals surface area contributed by atoms with Gasteiger partial charge in [-0.1, -0.05) is 30.3 Å². The fourth-order valence-electron chi connectivity index (χ4n) is 3.14. The fraction of sp³-hybridized carbons (Fsp3) is 0.529. The Labute approximate surface area is 136 Å². The molecule has 2 aliphatic rings. The Morgan fingerprint density at radius 3 is 2.74 bits per heavy atom. The number of nitrogens with one attached hydrogen (secondary N) is 3. The first-order valence-corrected chi connectivity index (χ1v) is 8.32. The molecule has 0 bridgehead atoms. The Morgan fingerprint density at radius 1 is 1.22 bits per heavy atom. The predicted octanol–water partition coefficient (Wildman–Crippen LogP) is 1.65. The molecule has 0 radical (unpaired) electrons. The molecular formula is C17H24N4O2. The monoisotopic (exact) mass is 316 g/mol. The fourth-order valence-corrected chi connectivity index (χ4v) is 3.14. The zero-order valence-electron chi connectivity index (χ0n) is 13.4. The number of likely N-dealkylation sites (tertiary alicyclic amines) is 1. The number of nitrogens with zero attached hydrogens (tertiary/aromatic N) is 1. The molecule has 3 atom stereocenters. The summed E-state index contributed by atoms with van der Waals surface area (Å²) in [5, 5.41) is 8.79. The van der Waals surface area contributed by atoms with E-state index in [9.17, 15) is 9.59 Å². The van der Waals surface area contributed by atoms with E-state index in [4.69, 9.17) is 0 Å². The number of carbonyl (C=O) groups excluding carboxylic acids is 2.